The van der Waals surface area contributed by atoms with Crippen molar-refractivity contribution in [2.75, 3.05) is 72.6 Å². The summed E-state index contributed by atoms with van der Waals surface area (Å²) in [5.74, 6) is -14.1. The first-order valence-electron chi connectivity index (χ1n) is 10.0. The van der Waals surface area contributed by atoms with E-state index in [9.17, 15) is 26.7 Å². The lowest BCUT2D eigenvalue weighted by molar-refractivity contribution is -0.136. The molecule has 0 N–H and O–H groups in total. The quantitative estimate of drug-likeness (QED) is 0.0329. The average Bonchev–Trinajstić information content (AvgIpc) is 2.83. The number of ether oxygens (including phenoxy) is 6. The highest BCUT2D eigenvalue weighted by Gasteiger charge is 2.28. The van der Waals surface area contributed by atoms with E-state index in [-0.39, 0.29) is 33.0 Å². The molecule has 0 fully saturated rings. The first kappa shape index (κ1) is 29.5. The van der Waals surface area contributed by atoms with Gasteiger partial charge in [0, 0.05) is 11.5 Å². The number of benzene rings is 1. The summed E-state index contributed by atoms with van der Waals surface area (Å²) in [5.41, 5.74) is 8.07. The molecule has 1 aromatic rings. The molecule has 192 valence electrons. The maximum atomic E-state index is 13.4. The van der Waals surface area contributed by atoms with Gasteiger partial charge in [-0.3, -0.25) is 4.79 Å². The zero-order valence-electron chi connectivity index (χ0n) is 18.1. The standard InChI is InChI=1S/C19H24F5N3O7/c20-14-15(21)17(23)19(18(24)16(14)22)34-13(28)1-3-29-5-7-31-9-11-33-12-10-32-8-6-30-4-2-26-27-25/h1-12H2. The Balaban J connectivity index is 1.97. The minimum Gasteiger partial charge on any atom is -0.420 e. The van der Waals surface area contributed by atoms with Crippen molar-refractivity contribution < 1.29 is 55.2 Å². The molecule has 0 aliphatic carbocycles. The molecule has 0 saturated heterocycles. The molecule has 0 saturated carbocycles. The van der Waals surface area contributed by atoms with Gasteiger partial charge in [0.05, 0.1) is 72.5 Å². The maximum Gasteiger partial charge on any atom is 0.313 e. The molecule has 0 bridgehead atoms. The van der Waals surface area contributed by atoms with Crippen LogP contribution in [0, 0.1) is 29.1 Å². The Bertz CT molecular complexity index is 784. The molecule has 0 heterocycles. The molecule has 0 aliphatic rings. The van der Waals surface area contributed by atoms with Gasteiger partial charge in [-0.25, -0.2) is 13.2 Å². The minimum absolute atomic E-state index is 0.0819. The average molecular weight is 501 g/mol. The van der Waals surface area contributed by atoms with Gasteiger partial charge in [-0.15, -0.1) is 0 Å². The number of nitrogens with zero attached hydrogens (tertiary/aromatic N) is 3. The van der Waals surface area contributed by atoms with Gasteiger partial charge in [0.25, 0.3) is 0 Å². The van der Waals surface area contributed by atoms with Crippen molar-refractivity contribution in [3.63, 3.8) is 0 Å². The van der Waals surface area contributed by atoms with Crippen LogP contribution >= 0.6 is 0 Å². The Labute approximate surface area is 191 Å². The summed E-state index contributed by atoms with van der Waals surface area (Å²) in [5, 5.41) is 3.31. The summed E-state index contributed by atoms with van der Waals surface area (Å²) in [4.78, 5) is 14.1. The maximum absolute atomic E-state index is 13.4. The van der Waals surface area contributed by atoms with Crippen molar-refractivity contribution in [3.8, 4) is 5.75 Å². The number of carbonyl (C=O) groups excluding carboxylic acids is 1. The van der Waals surface area contributed by atoms with E-state index >= 15 is 0 Å². The van der Waals surface area contributed by atoms with Crippen molar-refractivity contribution >= 4 is 5.97 Å². The lowest BCUT2D eigenvalue weighted by Crippen LogP contribution is -2.16. The molecule has 0 amide bonds. The monoisotopic (exact) mass is 501 g/mol. The third-order valence-corrected chi connectivity index (χ3v) is 3.72. The minimum atomic E-state index is -2.35. The smallest absolute Gasteiger partial charge is 0.313 e. The zero-order chi connectivity index (χ0) is 25.2. The summed E-state index contributed by atoms with van der Waals surface area (Å²) in [6, 6.07) is 0. The van der Waals surface area contributed by atoms with Crippen LogP contribution in [0.1, 0.15) is 6.42 Å². The fraction of sp³-hybridized carbons (Fsp3) is 0.632. The molecule has 0 radical (unpaired) electrons. The normalized spacial score (nSPS) is 10.9. The second-order valence-corrected chi connectivity index (χ2v) is 6.14. The molecule has 0 aliphatic heterocycles. The van der Waals surface area contributed by atoms with E-state index in [1.165, 1.54) is 0 Å². The molecular weight excluding hydrogens is 477 g/mol. The number of rotatable bonds is 19. The summed E-state index contributed by atoms with van der Waals surface area (Å²) in [6.45, 7) is 2.66. The Morgan fingerprint density at radius 1 is 0.647 bits per heavy atom. The molecule has 0 atom stereocenters. The van der Waals surface area contributed by atoms with Gasteiger partial charge in [0.2, 0.25) is 34.8 Å². The van der Waals surface area contributed by atoms with Gasteiger partial charge in [-0.1, -0.05) is 5.11 Å². The molecular formula is C19H24F5N3O7. The van der Waals surface area contributed by atoms with Crippen LogP contribution < -0.4 is 4.74 Å². The third kappa shape index (κ3) is 11.5. The lowest BCUT2D eigenvalue weighted by Gasteiger charge is -2.09. The highest BCUT2D eigenvalue weighted by molar-refractivity contribution is 5.72. The zero-order valence-corrected chi connectivity index (χ0v) is 18.1. The second-order valence-electron chi connectivity index (χ2n) is 6.14. The molecule has 34 heavy (non-hydrogen) atoms. The number of azide groups is 1. The largest absolute Gasteiger partial charge is 0.420 e. The Morgan fingerprint density at radius 3 is 1.47 bits per heavy atom. The molecule has 1 rings (SSSR count). The van der Waals surface area contributed by atoms with E-state index < -0.39 is 47.2 Å². The van der Waals surface area contributed by atoms with Crippen molar-refractivity contribution in [2.24, 2.45) is 5.11 Å². The fourth-order valence-corrected chi connectivity index (χ4v) is 2.13. The first-order chi connectivity index (χ1) is 16.4. The summed E-state index contributed by atoms with van der Waals surface area (Å²) < 4.78 is 96.1. The van der Waals surface area contributed by atoms with E-state index in [4.69, 9.17) is 29.2 Å². The van der Waals surface area contributed by atoms with Crippen LogP contribution in [0.3, 0.4) is 0 Å². The van der Waals surface area contributed by atoms with E-state index in [0.29, 0.717) is 39.6 Å². The molecule has 1 aromatic carbocycles. The van der Waals surface area contributed by atoms with Crippen LogP contribution in [0.25, 0.3) is 10.4 Å². The van der Waals surface area contributed by atoms with Crippen molar-refractivity contribution in [1.82, 2.24) is 0 Å². The van der Waals surface area contributed by atoms with Gasteiger partial charge < -0.3 is 28.4 Å². The van der Waals surface area contributed by atoms with Gasteiger partial charge in [-0.2, -0.15) is 8.78 Å². The first-order valence-corrected chi connectivity index (χ1v) is 10.0. The topological polar surface area (TPSA) is 121 Å². The number of hydrogen-bond acceptors (Lipinski definition) is 8. The predicted molar refractivity (Wildman–Crippen MR) is 105 cm³/mol. The Morgan fingerprint density at radius 2 is 1.03 bits per heavy atom. The third-order valence-electron chi connectivity index (χ3n) is 3.72. The number of carbonyl (C=O) groups is 1. The summed E-state index contributed by atoms with van der Waals surface area (Å²) in [7, 11) is 0. The van der Waals surface area contributed by atoms with Crippen molar-refractivity contribution in [3.05, 3.63) is 39.5 Å². The Hall–Kier alpha value is -2.55. The highest BCUT2D eigenvalue weighted by atomic mass is 19.2. The van der Waals surface area contributed by atoms with Gasteiger partial charge in [0.15, 0.2) is 0 Å². The number of hydrogen-bond donors (Lipinski definition) is 0. The van der Waals surface area contributed by atoms with Gasteiger partial charge in [-0.05, 0) is 5.53 Å². The van der Waals surface area contributed by atoms with Crippen molar-refractivity contribution in [1.29, 1.82) is 0 Å². The van der Waals surface area contributed by atoms with Crippen molar-refractivity contribution in [2.45, 2.75) is 6.42 Å². The van der Waals surface area contributed by atoms with E-state index in [2.05, 4.69) is 14.8 Å². The van der Waals surface area contributed by atoms with Crippen LogP contribution in [-0.4, -0.2) is 78.6 Å². The van der Waals surface area contributed by atoms with Crippen LogP contribution in [0.2, 0.25) is 0 Å². The Kier molecular flexibility index (Phi) is 15.5. The molecule has 15 heteroatoms. The molecule has 0 spiro atoms. The SMILES string of the molecule is [N-]=[N+]=NCCOCCOCCOCCOCCOCCC(=O)Oc1c(F)c(F)c(F)c(F)c1F. The highest BCUT2D eigenvalue weighted by Crippen LogP contribution is 2.29. The molecule has 0 unspecified atom stereocenters. The summed E-state index contributed by atoms with van der Waals surface area (Å²) in [6.07, 6.45) is -0.485. The van der Waals surface area contributed by atoms with Gasteiger partial charge >= 0.3 is 5.97 Å². The van der Waals surface area contributed by atoms with Crippen LogP contribution in [0.15, 0.2) is 5.11 Å². The molecule has 0 aromatic heterocycles. The lowest BCUT2D eigenvalue weighted by atomic mass is 10.2. The van der Waals surface area contributed by atoms with E-state index in [0.717, 1.165) is 0 Å². The number of halogens is 5. The van der Waals surface area contributed by atoms with Crippen LogP contribution in [-0.2, 0) is 28.5 Å². The number of esters is 1. The van der Waals surface area contributed by atoms with E-state index in [1.807, 2.05) is 0 Å². The predicted octanol–water partition coefficient (Wildman–Crippen LogP) is 3.07. The summed E-state index contributed by atoms with van der Waals surface area (Å²) >= 11 is 0. The van der Waals surface area contributed by atoms with Gasteiger partial charge in [0.1, 0.15) is 0 Å². The fourth-order valence-electron chi connectivity index (χ4n) is 2.13. The second kappa shape index (κ2) is 17.9. The van der Waals surface area contributed by atoms with Crippen LogP contribution in [0.5, 0.6) is 5.75 Å². The molecule has 10 nitrogen and oxygen atoms in total. The van der Waals surface area contributed by atoms with Crippen LogP contribution in [0.4, 0.5) is 22.0 Å². The van der Waals surface area contributed by atoms with E-state index in [1.54, 1.807) is 0 Å².